The van der Waals surface area contributed by atoms with Gasteiger partial charge in [-0.2, -0.15) is 0 Å². The van der Waals surface area contributed by atoms with Crippen LogP contribution in [-0.4, -0.2) is 52.9 Å². The SMILES string of the molecule is COc1cccc(C(=O)NNC(=NS(C)(=O)=O)Nc2c(OC)cccc2OC)n1. The number of aromatic nitrogens is 1. The number of amides is 1. The summed E-state index contributed by atoms with van der Waals surface area (Å²) in [6.07, 6.45) is 0.904. The second kappa shape index (κ2) is 9.59. The third-order valence-corrected chi connectivity index (χ3v) is 3.90. The molecule has 0 radical (unpaired) electrons. The lowest BCUT2D eigenvalue weighted by molar-refractivity contribution is 0.0938. The van der Waals surface area contributed by atoms with Crippen LogP contribution >= 0.6 is 0 Å². The van der Waals surface area contributed by atoms with E-state index in [0.29, 0.717) is 17.2 Å². The van der Waals surface area contributed by atoms with Crippen molar-refractivity contribution in [3.63, 3.8) is 0 Å². The number of para-hydroxylation sites is 1. The second-order valence-electron chi connectivity index (χ2n) is 5.48. The van der Waals surface area contributed by atoms with E-state index in [-0.39, 0.29) is 17.5 Å². The second-order valence-corrected chi connectivity index (χ2v) is 7.13. The Balaban J connectivity index is 2.27. The van der Waals surface area contributed by atoms with E-state index < -0.39 is 15.9 Å². The molecule has 156 valence electrons. The summed E-state index contributed by atoms with van der Waals surface area (Å²) in [4.78, 5) is 16.3. The highest BCUT2D eigenvalue weighted by Crippen LogP contribution is 2.33. The van der Waals surface area contributed by atoms with Gasteiger partial charge in [-0.15, -0.1) is 4.40 Å². The zero-order chi connectivity index (χ0) is 21.4. The lowest BCUT2D eigenvalue weighted by Crippen LogP contribution is -2.45. The van der Waals surface area contributed by atoms with Crippen molar-refractivity contribution in [1.29, 1.82) is 0 Å². The standard InChI is InChI=1S/C17H21N5O6S/c1-26-12-8-6-9-13(27-2)15(12)19-17(22-29(4,24)25)21-20-16(23)11-7-5-10-14(18-11)28-3/h5-10H,1-4H3,(H,20,23)(H2,19,21,22). The highest BCUT2D eigenvalue weighted by molar-refractivity contribution is 7.89. The number of nitrogens with zero attached hydrogens (tertiary/aromatic N) is 2. The van der Waals surface area contributed by atoms with Crippen molar-refractivity contribution in [3.8, 4) is 17.4 Å². The van der Waals surface area contributed by atoms with Gasteiger partial charge in [-0.3, -0.25) is 15.6 Å². The van der Waals surface area contributed by atoms with Gasteiger partial charge in [0, 0.05) is 6.07 Å². The van der Waals surface area contributed by atoms with Crippen LogP contribution in [0.3, 0.4) is 0 Å². The molecule has 0 saturated heterocycles. The van der Waals surface area contributed by atoms with Crippen LogP contribution in [0.1, 0.15) is 10.5 Å². The van der Waals surface area contributed by atoms with Crippen LogP contribution in [0.4, 0.5) is 5.69 Å². The normalized spacial score (nSPS) is 11.4. The number of guanidine groups is 1. The van der Waals surface area contributed by atoms with E-state index in [4.69, 9.17) is 14.2 Å². The van der Waals surface area contributed by atoms with Crippen molar-refractivity contribution in [3.05, 3.63) is 42.1 Å². The molecule has 12 heteroatoms. The molecule has 0 fully saturated rings. The fraction of sp³-hybridized carbons (Fsp3) is 0.235. The van der Waals surface area contributed by atoms with Crippen molar-refractivity contribution in [2.24, 2.45) is 4.40 Å². The van der Waals surface area contributed by atoms with Crippen molar-refractivity contribution in [2.45, 2.75) is 0 Å². The first-order valence-electron chi connectivity index (χ1n) is 8.12. The molecular formula is C17H21N5O6S. The van der Waals surface area contributed by atoms with Gasteiger partial charge in [-0.05, 0) is 18.2 Å². The van der Waals surface area contributed by atoms with E-state index in [1.54, 1.807) is 30.3 Å². The van der Waals surface area contributed by atoms with E-state index >= 15 is 0 Å². The Hall–Kier alpha value is -3.54. The van der Waals surface area contributed by atoms with Crippen molar-refractivity contribution < 1.29 is 27.4 Å². The number of benzene rings is 1. The van der Waals surface area contributed by atoms with Gasteiger partial charge in [0.2, 0.25) is 11.8 Å². The number of nitrogens with one attached hydrogen (secondary N) is 3. The summed E-state index contributed by atoms with van der Waals surface area (Å²) in [5, 5.41) is 2.75. The summed E-state index contributed by atoms with van der Waals surface area (Å²) in [6.45, 7) is 0. The maximum atomic E-state index is 12.3. The Morgan fingerprint density at radius 3 is 2.14 bits per heavy atom. The maximum Gasteiger partial charge on any atom is 0.288 e. The van der Waals surface area contributed by atoms with Gasteiger partial charge in [0.25, 0.3) is 15.9 Å². The first kappa shape index (κ1) is 21.8. The first-order chi connectivity index (χ1) is 13.8. The smallest absolute Gasteiger partial charge is 0.288 e. The average Bonchev–Trinajstić information content (AvgIpc) is 2.70. The Morgan fingerprint density at radius 2 is 1.59 bits per heavy atom. The number of carbonyl (C=O) groups excluding carboxylic acids is 1. The number of anilines is 1. The molecule has 1 aromatic carbocycles. The molecule has 1 amide bonds. The van der Waals surface area contributed by atoms with Crippen LogP contribution in [-0.2, 0) is 10.0 Å². The van der Waals surface area contributed by atoms with E-state index in [0.717, 1.165) is 6.26 Å². The van der Waals surface area contributed by atoms with Crippen LogP contribution in [0.15, 0.2) is 40.8 Å². The third-order valence-electron chi connectivity index (χ3n) is 3.39. The number of sulfonamides is 1. The monoisotopic (exact) mass is 423 g/mol. The van der Waals surface area contributed by atoms with Crippen molar-refractivity contribution in [2.75, 3.05) is 32.9 Å². The molecule has 0 aliphatic heterocycles. The quantitative estimate of drug-likeness (QED) is 0.349. The molecule has 0 aliphatic rings. The van der Waals surface area contributed by atoms with Gasteiger partial charge < -0.3 is 19.5 Å². The van der Waals surface area contributed by atoms with Crippen LogP contribution in [0.25, 0.3) is 0 Å². The van der Waals surface area contributed by atoms with Crippen LogP contribution in [0.5, 0.6) is 17.4 Å². The van der Waals surface area contributed by atoms with Crippen LogP contribution in [0, 0.1) is 0 Å². The minimum atomic E-state index is -3.81. The molecule has 0 saturated carbocycles. The Morgan fingerprint density at radius 1 is 0.966 bits per heavy atom. The van der Waals surface area contributed by atoms with E-state index in [1.165, 1.54) is 27.4 Å². The summed E-state index contributed by atoms with van der Waals surface area (Å²) in [5.74, 6) is 0.0614. The minimum absolute atomic E-state index is 0.0467. The number of pyridine rings is 1. The largest absolute Gasteiger partial charge is 0.494 e. The summed E-state index contributed by atoms with van der Waals surface area (Å²) < 4.78 is 42.4. The van der Waals surface area contributed by atoms with Gasteiger partial charge in [-0.25, -0.2) is 13.4 Å². The first-order valence-corrected chi connectivity index (χ1v) is 9.97. The number of rotatable bonds is 6. The predicted molar refractivity (Wildman–Crippen MR) is 107 cm³/mol. The highest BCUT2D eigenvalue weighted by Gasteiger charge is 2.15. The van der Waals surface area contributed by atoms with Gasteiger partial charge in [0.05, 0.1) is 27.6 Å². The van der Waals surface area contributed by atoms with Crippen LogP contribution in [0.2, 0.25) is 0 Å². The average molecular weight is 423 g/mol. The minimum Gasteiger partial charge on any atom is -0.494 e. The van der Waals surface area contributed by atoms with E-state index in [2.05, 4.69) is 25.6 Å². The van der Waals surface area contributed by atoms with E-state index in [1.807, 2.05) is 0 Å². The lowest BCUT2D eigenvalue weighted by Gasteiger charge is -2.17. The molecule has 0 unspecified atom stereocenters. The molecule has 0 atom stereocenters. The van der Waals surface area contributed by atoms with Gasteiger partial charge in [0.1, 0.15) is 22.9 Å². The summed E-state index contributed by atoms with van der Waals surface area (Å²) in [7, 11) is 0.492. The number of ether oxygens (including phenoxy) is 3. The molecular weight excluding hydrogens is 402 g/mol. The Kier molecular flexibility index (Phi) is 7.20. The van der Waals surface area contributed by atoms with Crippen molar-refractivity contribution in [1.82, 2.24) is 15.8 Å². The predicted octanol–water partition coefficient (Wildman–Crippen LogP) is 0.769. The van der Waals surface area contributed by atoms with Crippen molar-refractivity contribution >= 4 is 27.6 Å². The number of methoxy groups -OCH3 is 3. The molecule has 29 heavy (non-hydrogen) atoms. The topological polar surface area (TPSA) is 140 Å². The van der Waals surface area contributed by atoms with Crippen LogP contribution < -0.4 is 30.4 Å². The molecule has 11 nitrogen and oxygen atoms in total. The van der Waals surface area contributed by atoms with Gasteiger partial charge >= 0.3 is 0 Å². The van der Waals surface area contributed by atoms with Gasteiger partial charge in [0.15, 0.2) is 0 Å². The molecule has 0 aliphatic carbocycles. The molecule has 0 bridgehead atoms. The summed E-state index contributed by atoms with van der Waals surface area (Å²) in [6, 6.07) is 9.60. The Labute approximate surface area is 168 Å². The van der Waals surface area contributed by atoms with E-state index in [9.17, 15) is 13.2 Å². The lowest BCUT2D eigenvalue weighted by atomic mass is 10.2. The number of hydrogen-bond acceptors (Lipinski definition) is 7. The maximum absolute atomic E-state index is 12.3. The molecule has 2 aromatic rings. The number of hydrogen-bond donors (Lipinski definition) is 3. The summed E-state index contributed by atoms with van der Waals surface area (Å²) >= 11 is 0. The zero-order valence-electron chi connectivity index (χ0n) is 16.2. The number of hydrazine groups is 1. The zero-order valence-corrected chi connectivity index (χ0v) is 17.0. The fourth-order valence-electron chi connectivity index (χ4n) is 2.17. The molecule has 2 rings (SSSR count). The fourth-order valence-corrected chi connectivity index (χ4v) is 2.59. The third kappa shape index (κ3) is 6.24. The molecule has 3 N–H and O–H groups in total. The highest BCUT2D eigenvalue weighted by atomic mass is 32.2. The molecule has 0 spiro atoms. The Bertz CT molecular complexity index is 987. The summed E-state index contributed by atoms with van der Waals surface area (Å²) in [5.41, 5.74) is 5.11. The number of carbonyl (C=O) groups is 1. The molecule has 1 aromatic heterocycles. The molecule has 1 heterocycles. The van der Waals surface area contributed by atoms with Gasteiger partial charge in [-0.1, -0.05) is 12.1 Å².